The van der Waals surface area contributed by atoms with E-state index in [1.807, 2.05) is 35.2 Å². The van der Waals surface area contributed by atoms with Gasteiger partial charge in [-0.3, -0.25) is 14.5 Å². The number of piperazine rings is 1. The highest BCUT2D eigenvalue weighted by molar-refractivity contribution is 5.79. The molecule has 2 aliphatic rings. The maximum atomic E-state index is 14.6. The Morgan fingerprint density at radius 3 is 2.31 bits per heavy atom. The lowest BCUT2D eigenvalue weighted by molar-refractivity contribution is -0.140. The van der Waals surface area contributed by atoms with Crippen LogP contribution in [0.5, 0.6) is 5.75 Å². The molecular formula is C37H56N4O7. The van der Waals surface area contributed by atoms with Crippen molar-refractivity contribution in [2.24, 2.45) is 11.8 Å². The van der Waals surface area contributed by atoms with Gasteiger partial charge in [-0.2, -0.15) is 0 Å². The molecule has 2 N–H and O–H groups in total. The molecule has 5 atom stereocenters. The lowest BCUT2D eigenvalue weighted by atomic mass is 9.82. The minimum Gasteiger partial charge on any atom is -0.497 e. The Hall–Kier alpha value is -3.22. The van der Waals surface area contributed by atoms with Gasteiger partial charge in [0.2, 0.25) is 11.8 Å². The van der Waals surface area contributed by atoms with E-state index in [2.05, 4.69) is 47.9 Å². The van der Waals surface area contributed by atoms with Crippen molar-refractivity contribution in [3.63, 3.8) is 0 Å². The third kappa shape index (κ3) is 10.1. The number of aliphatic hydroxyl groups excluding tert-OH is 2. The fourth-order valence-electron chi connectivity index (χ4n) is 6.83. The van der Waals surface area contributed by atoms with Crippen LogP contribution in [0, 0.1) is 11.8 Å². The predicted molar refractivity (Wildman–Crippen MR) is 186 cm³/mol. The molecule has 266 valence electrons. The van der Waals surface area contributed by atoms with E-state index in [1.54, 1.807) is 12.0 Å². The minimum atomic E-state index is -1.24. The van der Waals surface area contributed by atoms with Crippen LogP contribution >= 0.6 is 0 Å². The Morgan fingerprint density at radius 2 is 1.67 bits per heavy atom. The molecule has 48 heavy (non-hydrogen) atoms. The first-order chi connectivity index (χ1) is 23.1. The number of hydrogen-bond donors (Lipinski definition) is 2. The van der Waals surface area contributed by atoms with Crippen molar-refractivity contribution in [3.05, 3.63) is 60.2 Å². The van der Waals surface area contributed by atoms with Crippen LogP contribution in [0.3, 0.4) is 0 Å². The van der Waals surface area contributed by atoms with Crippen molar-refractivity contribution < 1.29 is 34.0 Å². The molecule has 0 aliphatic carbocycles. The van der Waals surface area contributed by atoms with Crippen LogP contribution in [0.15, 0.2) is 54.6 Å². The molecule has 2 saturated heterocycles. The number of rotatable bonds is 7. The van der Waals surface area contributed by atoms with Gasteiger partial charge in [0.25, 0.3) is 0 Å². The number of ether oxygens (including phenoxy) is 3. The second-order valence-electron chi connectivity index (χ2n) is 13.4. The fraction of sp³-hybridized carbons (Fsp3) is 0.622. The smallest absolute Gasteiger partial charge is 0.237 e. The van der Waals surface area contributed by atoms with E-state index in [0.717, 1.165) is 31.7 Å². The van der Waals surface area contributed by atoms with Crippen molar-refractivity contribution in [2.45, 2.75) is 58.0 Å². The first-order valence-corrected chi connectivity index (χ1v) is 17.3. The van der Waals surface area contributed by atoms with Crippen LogP contribution in [0.4, 0.5) is 5.69 Å². The van der Waals surface area contributed by atoms with E-state index < -0.39 is 18.3 Å². The molecule has 0 unspecified atom stereocenters. The Kier molecular flexibility index (Phi) is 14.5. The highest BCUT2D eigenvalue weighted by Crippen LogP contribution is 2.37. The molecule has 2 heterocycles. The molecule has 2 aromatic carbocycles. The maximum absolute atomic E-state index is 14.6. The number of carbonyl (C=O) groups excluding carboxylic acids is 2. The van der Waals surface area contributed by atoms with Crippen molar-refractivity contribution in [1.82, 2.24) is 14.7 Å². The van der Waals surface area contributed by atoms with E-state index in [9.17, 15) is 19.8 Å². The lowest BCUT2D eigenvalue weighted by Gasteiger charge is -2.43. The zero-order valence-corrected chi connectivity index (χ0v) is 29.4. The van der Waals surface area contributed by atoms with Gasteiger partial charge >= 0.3 is 0 Å². The summed E-state index contributed by atoms with van der Waals surface area (Å²) in [7, 11) is 3.10. The molecule has 2 aromatic rings. The lowest BCUT2D eigenvalue weighted by Crippen LogP contribution is -2.53. The highest BCUT2D eigenvalue weighted by Gasteiger charge is 2.38. The topological polar surface area (TPSA) is 115 Å². The molecule has 0 aromatic heterocycles. The molecule has 2 aliphatic heterocycles. The Labute approximate surface area is 286 Å². The van der Waals surface area contributed by atoms with Gasteiger partial charge in [-0.15, -0.1) is 0 Å². The Balaban J connectivity index is 1.68. The van der Waals surface area contributed by atoms with E-state index in [0.29, 0.717) is 44.8 Å². The number of aliphatic hydroxyl groups is 2. The van der Waals surface area contributed by atoms with Gasteiger partial charge in [-0.05, 0) is 48.6 Å². The molecule has 11 heteroatoms. The maximum Gasteiger partial charge on any atom is 0.237 e. The molecule has 0 saturated carbocycles. The molecular weight excluding hydrogens is 612 g/mol. The first kappa shape index (κ1) is 37.6. The normalized spacial score (nSPS) is 25.8. The van der Waals surface area contributed by atoms with Crippen molar-refractivity contribution in [2.75, 3.05) is 84.7 Å². The second-order valence-corrected chi connectivity index (χ2v) is 13.4. The molecule has 2 amide bonds. The van der Waals surface area contributed by atoms with Gasteiger partial charge in [0.1, 0.15) is 24.1 Å². The summed E-state index contributed by atoms with van der Waals surface area (Å²) < 4.78 is 17.0. The standard InChI is InChI=1S/C37H56N4O7/c1-27(2)32-23-40(28(3)42)24-34(47-5)37(45)33(43)26-48-21-10-9-16-41(36(32)29-12-11-15-31(22-29)46-4)35(44)25-38-17-19-39(20-18-38)30-13-7-6-8-14-30/h6-8,11-15,22,27,32-34,36-37,43,45H,9-10,16-21,23-26H2,1-5H3/t32-,33+,34+,36-,37+/m1/s1. The average Bonchev–Trinajstić information content (AvgIpc) is 3.10. The predicted octanol–water partition coefficient (Wildman–Crippen LogP) is 3.06. The van der Waals surface area contributed by atoms with Crippen LogP contribution < -0.4 is 9.64 Å². The Morgan fingerprint density at radius 1 is 0.938 bits per heavy atom. The van der Waals surface area contributed by atoms with Crippen LogP contribution in [-0.2, 0) is 19.1 Å². The van der Waals surface area contributed by atoms with Crippen LogP contribution in [0.25, 0.3) is 0 Å². The number of benzene rings is 2. The van der Waals surface area contributed by atoms with E-state index in [4.69, 9.17) is 14.2 Å². The summed E-state index contributed by atoms with van der Waals surface area (Å²) >= 11 is 0. The van der Waals surface area contributed by atoms with Gasteiger partial charge in [0, 0.05) is 78.1 Å². The SMILES string of the molecule is COc1cccc([C@@H]2[C@@H](C(C)C)CN(C(C)=O)C[C@H](OC)[C@@H](O)[C@@H](O)COCCCCN2C(=O)CN2CCN(c3ccccc3)CC2)c1. The summed E-state index contributed by atoms with van der Waals surface area (Å²) in [6.07, 6.45) is -1.87. The molecule has 11 nitrogen and oxygen atoms in total. The number of methoxy groups -OCH3 is 2. The van der Waals surface area contributed by atoms with E-state index >= 15 is 0 Å². The van der Waals surface area contributed by atoms with Gasteiger partial charge in [0.15, 0.2) is 0 Å². The van der Waals surface area contributed by atoms with Gasteiger partial charge in [-0.1, -0.05) is 44.2 Å². The number of amides is 2. The van der Waals surface area contributed by atoms with E-state index in [1.165, 1.54) is 19.7 Å². The monoisotopic (exact) mass is 668 g/mol. The molecule has 0 bridgehead atoms. The molecule has 0 spiro atoms. The number of hydrogen-bond acceptors (Lipinski definition) is 9. The second kappa shape index (κ2) is 18.5. The summed E-state index contributed by atoms with van der Waals surface area (Å²) in [5.41, 5.74) is 2.14. The number of nitrogens with zero attached hydrogens (tertiary/aromatic N) is 4. The van der Waals surface area contributed by atoms with Crippen molar-refractivity contribution in [3.8, 4) is 5.75 Å². The molecule has 2 fully saturated rings. The Bertz CT molecular complexity index is 1270. The van der Waals surface area contributed by atoms with Gasteiger partial charge in [-0.25, -0.2) is 0 Å². The van der Waals surface area contributed by atoms with Crippen LogP contribution in [0.2, 0.25) is 0 Å². The fourth-order valence-corrected chi connectivity index (χ4v) is 6.83. The van der Waals surface area contributed by atoms with E-state index in [-0.39, 0.29) is 42.8 Å². The highest BCUT2D eigenvalue weighted by atomic mass is 16.5. The summed E-state index contributed by atoms with van der Waals surface area (Å²) in [5.74, 6) is 0.471. The van der Waals surface area contributed by atoms with Crippen LogP contribution in [-0.4, -0.2) is 135 Å². The largest absolute Gasteiger partial charge is 0.497 e. The zero-order chi connectivity index (χ0) is 34.6. The molecule has 4 rings (SSSR count). The number of carbonyl (C=O) groups is 2. The quantitative estimate of drug-likeness (QED) is 0.460. The van der Waals surface area contributed by atoms with Gasteiger partial charge in [0.05, 0.1) is 26.3 Å². The zero-order valence-electron chi connectivity index (χ0n) is 29.4. The third-order valence-electron chi connectivity index (χ3n) is 9.79. The summed E-state index contributed by atoms with van der Waals surface area (Å²) in [4.78, 5) is 36.0. The average molecular weight is 669 g/mol. The molecule has 0 radical (unpaired) electrons. The summed E-state index contributed by atoms with van der Waals surface area (Å²) in [6.45, 7) is 10.5. The summed E-state index contributed by atoms with van der Waals surface area (Å²) in [5, 5.41) is 21.6. The number of para-hydroxylation sites is 1. The van der Waals surface area contributed by atoms with Gasteiger partial charge < -0.3 is 39.1 Å². The van der Waals surface area contributed by atoms with Crippen molar-refractivity contribution in [1.29, 1.82) is 0 Å². The number of anilines is 1. The first-order valence-electron chi connectivity index (χ1n) is 17.3. The third-order valence-corrected chi connectivity index (χ3v) is 9.79. The van der Waals surface area contributed by atoms with Crippen molar-refractivity contribution >= 4 is 17.5 Å². The van der Waals surface area contributed by atoms with Crippen LogP contribution in [0.1, 0.15) is 45.2 Å². The summed E-state index contributed by atoms with van der Waals surface area (Å²) in [6, 6.07) is 17.9. The minimum absolute atomic E-state index is 0.0434.